The summed E-state index contributed by atoms with van der Waals surface area (Å²) in [6.07, 6.45) is 1.06. The molecule has 0 unspecified atom stereocenters. The topological polar surface area (TPSA) is 22.0 Å². The molecule has 0 spiro atoms. The Balaban J connectivity index is 1.92. The molecule has 0 N–H and O–H groups in total. The van der Waals surface area contributed by atoms with Crippen LogP contribution in [0.4, 0.5) is 0 Å². The van der Waals surface area contributed by atoms with Gasteiger partial charge >= 0.3 is 0 Å². The fraction of sp³-hybridized carbons (Fsp3) is 0.211. The fourth-order valence-electron chi connectivity index (χ4n) is 3.23. The number of aromatic nitrogens is 1. The van der Waals surface area contributed by atoms with E-state index in [0.717, 1.165) is 40.0 Å². The summed E-state index contributed by atoms with van der Waals surface area (Å²) in [7, 11) is 0. The number of para-hydroxylation sites is 1. The summed E-state index contributed by atoms with van der Waals surface area (Å²) in [4.78, 5) is 14.0. The van der Waals surface area contributed by atoms with Crippen molar-refractivity contribution in [3.8, 4) is 0 Å². The van der Waals surface area contributed by atoms with Gasteiger partial charge in [0.15, 0.2) is 0 Å². The molecule has 0 saturated heterocycles. The zero-order valence-electron chi connectivity index (χ0n) is 13.1. The highest BCUT2D eigenvalue weighted by atomic mass is 32.1. The quantitative estimate of drug-likeness (QED) is 0.426. The molecule has 3 heterocycles. The summed E-state index contributed by atoms with van der Waals surface area (Å²) in [5.41, 5.74) is 3.10. The van der Waals surface area contributed by atoms with Crippen LogP contribution in [0.25, 0.3) is 20.3 Å². The highest BCUT2D eigenvalue weighted by Gasteiger charge is 2.22. The Kier molecular flexibility index (Phi) is 3.58. The standard InChI is InChI=1S/C19H17NOS2/c1-3-9-20-12(2)18(13-6-4-5-7-14(13)20)19(21)17-11-16-15(23-17)8-10-22-16/h4-8,10-11H,3,9H2,1-2H3. The van der Waals surface area contributed by atoms with Crippen LogP contribution in [0.15, 0.2) is 41.8 Å². The maximum Gasteiger partial charge on any atom is 0.205 e. The highest BCUT2D eigenvalue weighted by molar-refractivity contribution is 7.28. The molecular weight excluding hydrogens is 322 g/mol. The van der Waals surface area contributed by atoms with Crippen molar-refractivity contribution >= 4 is 48.8 Å². The van der Waals surface area contributed by atoms with Crippen molar-refractivity contribution in [2.45, 2.75) is 26.8 Å². The Hall–Kier alpha value is -1.91. The van der Waals surface area contributed by atoms with E-state index in [9.17, 15) is 4.79 Å². The van der Waals surface area contributed by atoms with Crippen LogP contribution in [-0.2, 0) is 6.54 Å². The van der Waals surface area contributed by atoms with Gasteiger partial charge in [-0.2, -0.15) is 0 Å². The zero-order valence-corrected chi connectivity index (χ0v) is 14.8. The van der Waals surface area contributed by atoms with Gasteiger partial charge < -0.3 is 4.57 Å². The van der Waals surface area contributed by atoms with Gasteiger partial charge in [0.1, 0.15) is 0 Å². The van der Waals surface area contributed by atoms with Crippen molar-refractivity contribution < 1.29 is 4.79 Å². The average Bonchev–Trinajstić information content (AvgIpc) is 3.20. The number of thiophene rings is 2. The number of ketones is 1. The zero-order chi connectivity index (χ0) is 16.0. The van der Waals surface area contributed by atoms with E-state index in [0.29, 0.717) is 0 Å². The van der Waals surface area contributed by atoms with Crippen LogP contribution in [-0.4, -0.2) is 10.4 Å². The lowest BCUT2D eigenvalue weighted by molar-refractivity contribution is 0.104. The maximum atomic E-state index is 13.2. The molecule has 0 fully saturated rings. The van der Waals surface area contributed by atoms with Gasteiger partial charge in [-0.3, -0.25) is 4.79 Å². The Labute approximate surface area is 143 Å². The lowest BCUT2D eigenvalue weighted by atomic mass is 10.1. The largest absolute Gasteiger partial charge is 0.344 e. The van der Waals surface area contributed by atoms with Crippen molar-refractivity contribution in [2.75, 3.05) is 0 Å². The summed E-state index contributed by atoms with van der Waals surface area (Å²) in [6.45, 7) is 5.18. The predicted molar refractivity (Wildman–Crippen MR) is 100 cm³/mol. The van der Waals surface area contributed by atoms with Gasteiger partial charge in [-0.1, -0.05) is 25.1 Å². The molecular formula is C19H17NOS2. The van der Waals surface area contributed by atoms with Gasteiger partial charge in [-0.25, -0.2) is 0 Å². The predicted octanol–water partition coefficient (Wildman–Crippen LogP) is 5.87. The van der Waals surface area contributed by atoms with Gasteiger partial charge in [0.05, 0.1) is 10.4 Å². The molecule has 4 aromatic rings. The molecule has 116 valence electrons. The Morgan fingerprint density at radius 3 is 2.78 bits per heavy atom. The fourth-order valence-corrected chi connectivity index (χ4v) is 5.29. The number of nitrogens with zero attached hydrogens (tertiary/aromatic N) is 1. The average molecular weight is 339 g/mol. The highest BCUT2D eigenvalue weighted by Crippen LogP contribution is 2.34. The molecule has 0 saturated carbocycles. The van der Waals surface area contributed by atoms with Gasteiger partial charge in [-0.05, 0) is 36.9 Å². The number of benzene rings is 1. The molecule has 0 radical (unpaired) electrons. The van der Waals surface area contributed by atoms with Gasteiger partial charge in [0, 0.05) is 32.5 Å². The number of carbonyl (C=O) groups is 1. The smallest absolute Gasteiger partial charge is 0.205 e. The first-order chi connectivity index (χ1) is 11.2. The summed E-state index contributed by atoms with van der Waals surface area (Å²) >= 11 is 3.29. The molecule has 0 atom stereocenters. The third-order valence-corrected chi connectivity index (χ3v) is 6.36. The van der Waals surface area contributed by atoms with E-state index in [1.807, 2.05) is 18.2 Å². The van der Waals surface area contributed by atoms with Crippen LogP contribution in [0.1, 0.15) is 34.3 Å². The maximum absolute atomic E-state index is 13.2. The number of hydrogen-bond donors (Lipinski definition) is 0. The first-order valence-electron chi connectivity index (χ1n) is 7.80. The molecule has 23 heavy (non-hydrogen) atoms. The van der Waals surface area contributed by atoms with Crippen molar-refractivity contribution in [3.05, 3.63) is 57.9 Å². The van der Waals surface area contributed by atoms with E-state index < -0.39 is 0 Å². The minimum absolute atomic E-state index is 0.155. The minimum atomic E-state index is 0.155. The van der Waals surface area contributed by atoms with E-state index in [4.69, 9.17) is 0 Å². The van der Waals surface area contributed by atoms with Crippen molar-refractivity contribution in [1.29, 1.82) is 0 Å². The number of rotatable bonds is 4. The van der Waals surface area contributed by atoms with Crippen LogP contribution >= 0.6 is 22.7 Å². The molecule has 4 heteroatoms. The Morgan fingerprint density at radius 2 is 2.00 bits per heavy atom. The number of carbonyl (C=O) groups excluding carboxylic acids is 1. The van der Waals surface area contributed by atoms with Crippen LogP contribution < -0.4 is 0 Å². The van der Waals surface area contributed by atoms with E-state index in [-0.39, 0.29) is 5.78 Å². The van der Waals surface area contributed by atoms with E-state index in [2.05, 4.69) is 42.0 Å². The second-order valence-electron chi connectivity index (χ2n) is 5.72. The Morgan fingerprint density at radius 1 is 1.17 bits per heavy atom. The van der Waals surface area contributed by atoms with Crippen LogP contribution in [0, 0.1) is 6.92 Å². The second kappa shape index (κ2) is 5.62. The molecule has 0 aliphatic carbocycles. The molecule has 1 aromatic carbocycles. The minimum Gasteiger partial charge on any atom is -0.344 e. The van der Waals surface area contributed by atoms with Crippen molar-refractivity contribution in [2.24, 2.45) is 0 Å². The van der Waals surface area contributed by atoms with E-state index in [1.54, 1.807) is 22.7 Å². The van der Waals surface area contributed by atoms with Gasteiger partial charge in [0.25, 0.3) is 0 Å². The second-order valence-corrected chi connectivity index (χ2v) is 7.75. The first-order valence-corrected chi connectivity index (χ1v) is 9.50. The summed E-state index contributed by atoms with van der Waals surface area (Å²) in [6, 6.07) is 12.4. The number of fused-ring (bicyclic) bond motifs is 2. The molecule has 3 aromatic heterocycles. The summed E-state index contributed by atoms with van der Waals surface area (Å²) in [5, 5.41) is 3.15. The third kappa shape index (κ3) is 2.25. The molecule has 0 bridgehead atoms. The van der Waals surface area contributed by atoms with E-state index >= 15 is 0 Å². The normalized spacial score (nSPS) is 11.6. The lowest BCUT2D eigenvalue weighted by Gasteiger charge is -2.06. The van der Waals surface area contributed by atoms with E-state index in [1.165, 1.54) is 9.40 Å². The first kappa shape index (κ1) is 14.7. The molecule has 2 nitrogen and oxygen atoms in total. The number of hydrogen-bond acceptors (Lipinski definition) is 3. The van der Waals surface area contributed by atoms with Crippen molar-refractivity contribution in [3.63, 3.8) is 0 Å². The molecule has 0 amide bonds. The van der Waals surface area contributed by atoms with Crippen LogP contribution in [0.5, 0.6) is 0 Å². The summed E-state index contributed by atoms with van der Waals surface area (Å²) in [5.74, 6) is 0.155. The third-order valence-electron chi connectivity index (χ3n) is 4.27. The van der Waals surface area contributed by atoms with Crippen LogP contribution in [0.2, 0.25) is 0 Å². The van der Waals surface area contributed by atoms with Gasteiger partial charge in [-0.15, -0.1) is 22.7 Å². The van der Waals surface area contributed by atoms with Gasteiger partial charge in [0.2, 0.25) is 5.78 Å². The van der Waals surface area contributed by atoms with Crippen LogP contribution in [0.3, 0.4) is 0 Å². The lowest BCUT2D eigenvalue weighted by Crippen LogP contribution is -2.04. The monoisotopic (exact) mass is 339 g/mol. The molecule has 4 rings (SSSR count). The SMILES string of the molecule is CCCn1c(C)c(C(=O)c2cc3sccc3s2)c2ccccc21. The Bertz CT molecular complexity index is 990. The van der Waals surface area contributed by atoms with Crippen molar-refractivity contribution in [1.82, 2.24) is 4.57 Å². The number of aryl methyl sites for hydroxylation is 1. The molecule has 0 aliphatic heterocycles. The summed E-state index contributed by atoms with van der Waals surface area (Å²) < 4.78 is 4.68. The molecule has 0 aliphatic rings.